The van der Waals surface area contributed by atoms with Crippen LogP contribution in [0.3, 0.4) is 0 Å². The maximum Gasteiger partial charge on any atom is 0.259 e. The van der Waals surface area contributed by atoms with Crippen LogP contribution >= 0.6 is 0 Å². The lowest BCUT2D eigenvalue weighted by atomic mass is 10.3. The molecule has 1 N–H and O–H groups in total. The summed E-state index contributed by atoms with van der Waals surface area (Å²) in [5, 5.41) is 7.03. The molecule has 0 unspecified atom stereocenters. The van der Waals surface area contributed by atoms with E-state index in [2.05, 4.69) is 29.2 Å². The van der Waals surface area contributed by atoms with Gasteiger partial charge in [-0.15, -0.1) is 0 Å². The fourth-order valence-electron chi connectivity index (χ4n) is 1.93. The lowest BCUT2D eigenvalue weighted by Gasteiger charge is -2.17. The minimum absolute atomic E-state index is 0.193. The van der Waals surface area contributed by atoms with Gasteiger partial charge in [-0.3, -0.25) is 9.48 Å². The Hall–Kier alpha value is -2.08. The summed E-state index contributed by atoms with van der Waals surface area (Å²) >= 11 is 0. The quantitative estimate of drug-likeness (QED) is 0.841. The fraction of sp³-hybridized carbons (Fsp3) is 0.429. The van der Waals surface area contributed by atoms with Gasteiger partial charge in [0.2, 0.25) is 0 Å². The van der Waals surface area contributed by atoms with Crippen molar-refractivity contribution in [3.05, 3.63) is 36.5 Å². The summed E-state index contributed by atoms with van der Waals surface area (Å²) in [6.07, 6.45) is 6.38. The first-order chi connectivity index (χ1) is 9.72. The Bertz CT molecular complexity index is 529. The van der Waals surface area contributed by atoms with E-state index < -0.39 is 0 Å². The number of rotatable bonds is 7. The van der Waals surface area contributed by atoms with Crippen molar-refractivity contribution >= 4 is 11.6 Å². The maximum atomic E-state index is 11.8. The molecule has 1 amide bonds. The van der Waals surface area contributed by atoms with Crippen molar-refractivity contribution in [2.75, 3.05) is 25.0 Å². The molecule has 0 saturated heterocycles. The molecule has 2 heterocycles. The Balaban J connectivity index is 1.87. The largest absolute Gasteiger partial charge is 0.472 e. The molecule has 0 spiro atoms. The third kappa shape index (κ3) is 3.71. The fourth-order valence-corrected chi connectivity index (χ4v) is 1.93. The van der Waals surface area contributed by atoms with Crippen molar-refractivity contribution in [2.24, 2.45) is 0 Å². The van der Waals surface area contributed by atoms with Gasteiger partial charge in [0.15, 0.2) is 0 Å². The maximum absolute atomic E-state index is 11.8. The number of hydrogen-bond donors (Lipinski definition) is 1. The number of carbonyl (C=O) groups is 1. The van der Waals surface area contributed by atoms with E-state index >= 15 is 0 Å². The predicted octanol–water partition coefficient (Wildman–Crippen LogP) is 2.07. The molecule has 2 rings (SSSR count). The zero-order chi connectivity index (χ0) is 14.4. The van der Waals surface area contributed by atoms with Crippen molar-refractivity contribution in [3.8, 4) is 0 Å². The SMILES string of the molecule is CCN(CC)CCn1cc(NC(=O)c2ccoc2)cn1. The molecule has 0 aliphatic carbocycles. The first-order valence-corrected chi connectivity index (χ1v) is 6.81. The number of nitrogens with one attached hydrogen (secondary N) is 1. The van der Waals surface area contributed by atoms with Gasteiger partial charge >= 0.3 is 0 Å². The molecule has 0 saturated carbocycles. The minimum Gasteiger partial charge on any atom is -0.472 e. The molecule has 0 aromatic carbocycles. The molecule has 108 valence electrons. The number of anilines is 1. The van der Waals surface area contributed by atoms with Crippen LogP contribution in [0.1, 0.15) is 24.2 Å². The standard InChI is InChI=1S/C14H20N4O2/c1-3-17(4-2)6-7-18-10-13(9-15-18)16-14(19)12-5-8-20-11-12/h5,8-11H,3-4,6-7H2,1-2H3,(H,16,19). The van der Waals surface area contributed by atoms with E-state index in [1.807, 2.05) is 10.9 Å². The Labute approximate surface area is 118 Å². The molecule has 0 atom stereocenters. The molecule has 0 radical (unpaired) electrons. The second-order valence-corrected chi connectivity index (χ2v) is 4.49. The topological polar surface area (TPSA) is 63.3 Å². The van der Waals surface area contributed by atoms with Gasteiger partial charge in [0.1, 0.15) is 6.26 Å². The molecule has 6 heteroatoms. The zero-order valence-corrected chi connectivity index (χ0v) is 11.9. The van der Waals surface area contributed by atoms with Gasteiger partial charge in [0, 0.05) is 12.7 Å². The molecule has 0 aliphatic rings. The van der Waals surface area contributed by atoms with Crippen molar-refractivity contribution in [2.45, 2.75) is 20.4 Å². The summed E-state index contributed by atoms with van der Waals surface area (Å²) in [4.78, 5) is 14.2. The summed E-state index contributed by atoms with van der Waals surface area (Å²) in [5.41, 5.74) is 1.19. The highest BCUT2D eigenvalue weighted by molar-refractivity contribution is 6.03. The molecular weight excluding hydrogens is 256 g/mol. The van der Waals surface area contributed by atoms with Crippen LogP contribution in [0.5, 0.6) is 0 Å². The third-order valence-corrected chi connectivity index (χ3v) is 3.21. The van der Waals surface area contributed by atoms with Gasteiger partial charge in [0.05, 0.1) is 30.3 Å². The molecule has 20 heavy (non-hydrogen) atoms. The van der Waals surface area contributed by atoms with Gasteiger partial charge in [-0.1, -0.05) is 13.8 Å². The van der Waals surface area contributed by atoms with Crippen LogP contribution in [0, 0.1) is 0 Å². The van der Waals surface area contributed by atoms with Crippen LogP contribution in [0.25, 0.3) is 0 Å². The van der Waals surface area contributed by atoms with Gasteiger partial charge in [-0.25, -0.2) is 0 Å². The average molecular weight is 276 g/mol. The molecule has 6 nitrogen and oxygen atoms in total. The Morgan fingerprint density at radius 1 is 1.45 bits per heavy atom. The van der Waals surface area contributed by atoms with E-state index in [-0.39, 0.29) is 5.91 Å². The monoisotopic (exact) mass is 276 g/mol. The smallest absolute Gasteiger partial charge is 0.259 e. The van der Waals surface area contributed by atoms with E-state index in [1.165, 1.54) is 12.5 Å². The number of amides is 1. The predicted molar refractivity (Wildman–Crippen MR) is 76.7 cm³/mol. The number of furan rings is 1. The first kappa shape index (κ1) is 14.3. The lowest BCUT2D eigenvalue weighted by molar-refractivity contribution is 0.102. The van der Waals surface area contributed by atoms with Crippen LogP contribution in [0.4, 0.5) is 5.69 Å². The highest BCUT2D eigenvalue weighted by atomic mass is 16.3. The van der Waals surface area contributed by atoms with Gasteiger partial charge < -0.3 is 14.6 Å². The second kappa shape index (κ2) is 6.91. The summed E-state index contributed by atoms with van der Waals surface area (Å²) in [6, 6.07) is 1.63. The summed E-state index contributed by atoms with van der Waals surface area (Å²) in [5.74, 6) is -0.193. The van der Waals surface area contributed by atoms with Crippen LogP contribution < -0.4 is 5.32 Å². The molecule has 2 aromatic rings. The minimum atomic E-state index is -0.193. The summed E-state index contributed by atoms with van der Waals surface area (Å²) < 4.78 is 6.72. The van der Waals surface area contributed by atoms with E-state index in [0.717, 1.165) is 26.2 Å². The van der Waals surface area contributed by atoms with E-state index in [1.54, 1.807) is 12.3 Å². The van der Waals surface area contributed by atoms with Crippen molar-refractivity contribution in [1.29, 1.82) is 0 Å². The van der Waals surface area contributed by atoms with Crippen molar-refractivity contribution in [1.82, 2.24) is 14.7 Å². The molecular formula is C14H20N4O2. The van der Waals surface area contributed by atoms with Crippen molar-refractivity contribution < 1.29 is 9.21 Å². The van der Waals surface area contributed by atoms with E-state index in [9.17, 15) is 4.79 Å². The van der Waals surface area contributed by atoms with E-state index in [0.29, 0.717) is 11.3 Å². The Kier molecular flexibility index (Phi) is 4.95. The second-order valence-electron chi connectivity index (χ2n) is 4.49. The summed E-state index contributed by atoms with van der Waals surface area (Å²) in [6.45, 7) is 8.10. The van der Waals surface area contributed by atoms with Crippen LogP contribution in [-0.2, 0) is 6.54 Å². The summed E-state index contributed by atoms with van der Waals surface area (Å²) in [7, 11) is 0. The van der Waals surface area contributed by atoms with Gasteiger partial charge in [-0.05, 0) is 19.2 Å². The molecule has 2 aromatic heterocycles. The third-order valence-electron chi connectivity index (χ3n) is 3.21. The molecule has 0 bridgehead atoms. The van der Waals surface area contributed by atoms with Crippen molar-refractivity contribution in [3.63, 3.8) is 0 Å². The lowest BCUT2D eigenvalue weighted by Crippen LogP contribution is -2.27. The number of likely N-dealkylation sites (N-methyl/N-ethyl adjacent to an activating group) is 1. The van der Waals surface area contributed by atoms with Gasteiger partial charge in [0.25, 0.3) is 5.91 Å². The zero-order valence-electron chi connectivity index (χ0n) is 11.9. The first-order valence-electron chi connectivity index (χ1n) is 6.81. The van der Waals surface area contributed by atoms with Gasteiger partial charge in [-0.2, -0.15) is 5.10 Å². The van der Waals surface area contributed by atoms with Crippen LogP contribution in [-0.4, -0.2) is 40.2 Å². The number of aromatic nitrogens is 2. The number of carbonyl (C=O) groups excluding carboxylic acids is 1. The number of hydrogen-bond acceptors (Lipinski definition) is 4. The normalized spacial score (nSPS) is 10.9. The van der Waals surface area contributed by atoms with Crippen LogP contribution in [0.2, 0.25) is 0 Å². The Morgan fingerprint density at radius 2 is 2.25 bits per heavy atom. The average Bonchev–Trinajstić information content (AvgIpc) is 3.11. The Morgan fingerprint density at radius 3 is 2.90 bits per heavy atom. The highest BCUT2D eigenvalue weighted by Gasteiger charge is 2.08. The molecule has 0 fully saturated rings. The molecule has 0 aliphatic heterocycles. The van der Waals surface area contributed by atoms with E-state index in [4.69, 9.17) is 4.42 Å². The highest BCUT2D eigenvalue weighted by Crippen LogP contribution is 2.08. The number of nitrogens with zero attached hydrogens (tertiary/aromatic N) is 3. The van der Waals surface area contributed by atoms with Crippen LogP contribution in [0.15, 0.2) is 35.4 Å².